The topological polar surface area (TPSA) is 83.7 Å². The largest absolute Gasteiger partial charge is 0.454 e. The summed E-state index contributed by atoms with van der Waals surface area (Å²) >= 11 is 0. The average molecular weight is 377 g/mol. The molecule has 2 aliphatic heterocycles. The molecule has 3 heterocycles. The summed E-state index contributed by atoms with van der Waals surface area (Å²) in [5, 5.41) is 3.97. The first-order valence-electron chi connectivity index (χ1n) is 9.24. The number of amides is 2. The summed E-state index contributed by atoms with van der Waals surface area (Å²) in [7, 11) is 0. The van der Waals surface area contributed by atoms with E-state index in [1.807, 2.05) is 30.5 Å². The van der Waals surface area contributed by atoms with Gasteiger partial charge in [-0.2, -0.15) is 0 Å². The molecule has 0 spiro atoms. The van der Waals surface area contributed by atoms with Crippen LogP contribution in [0.2, 0.25) is 0 Å². The van der Waals surface area contributed by atoms with Crippen LogP contribution in [0.1, 0.15) is 18.4 Å². The molecule has 2 aromatic carbocycles. The van der Waals surface area contributed by atoms with E-state index >= 15 is 0 Å². The van der Waals surface area contributed by atoms with E-state index in [1.165, 1.54) is 0 Å². The first-order valence-corrected chi connectivity index (χ1v) is 9.24. The smallest absolute Gasteiger partial charge is 0.247 e. The van der Waals surface area contributed by atoms with Crippen LogP contribution in [-0.2, 0) is 16.1 Å². The number of ether oxygens (including phenoxy) is 2. The zero-order valence-corrected chi connectivity index (χ0v) is 15.1. The third-order valence-electron chi connectivity index (χ3n) is 5.29. The average Bonchev–Trinajstić information content (AvgIpc) is 3.41. The van der Waals surface area contributed by atoms with Crippen LogP contribution < -0.4 is 14.8 Å². The summed E-state index contributed by atoms with van der Waals surface area (Å²) in [5.74, 6) is 1.08. The monoisotopic (exact) mass is 377 g/mol. The summed E-state index contributed by atoms with van der Waals surface area (Å²) < 4.78 is 10.6. The van der Waals surface area contributed by atoms with Crippen LogP contribution in [-0.4, -0.2) is 34.5 Å². The van der Waals surface area contributed by atoms with Gasteiger partial charge in [0.1, 0.15) is 6.04 Å². The third-order valence-corrected chi connectivity index (χ3v) is 5.29. The zero-order chi connectivity index (χ0) is 19.1. The molecule has 0 radical (unpaired) electrons. The van der Waals surface area contributed by atoms with E-state index in [4.69, 9.17) is 9.47 Å². The number of anilines is 1. The Morgan fingerprint density at radius 1 is 1.18 bits per heavy atom. The van der Waals surface area contributed by atoms with Crippen LogP contribution in [0.15, 0.2) is 48.7 Å². The molecule has 7 heteroatoms. The molecule has 1 fully saturated rings. The number of carbonyl (C=O) groups excluding carboxylic acids is 2. The minimum Gasteiger partial charge on any atom is -0.454 e. The predicted octanol–water partition coefficient (Wildman–Crippen LogP) is 3.03. The first kappa shape index (κ1) is 16.7. The van der Waals surface area contributed by atoms with Gasteiger partial charge in [-0.1, -0.05) is 18.2 Å². The van der Waals surface area contributed by atoms with Crippen molar-refractivity contribution < 1.29 is 19.1 Å². The zero-order valence-electron chi connectivity index (χ0n) is 15.1. The molecule has 5 rings (SSSR count). The molecule has 28 heavy (non-hydrogen) atoms. The highest BCUT2D eigenvalue weighted by atomic mass is 16.7. The fraction of sp³-hybridized carbons (Fsp3) is 0.238. The Kier molecular flexibility index (Phi) is 3.93. The fourth-order valence-electron chi connectivity index (χ4n) is 3.85. The van der Waals surface area contributed by atoms with Crippen LogP contribution in [0.4, 0.5) is 5.69 Å². The van der Waals surface area contributed by atoms with Gasteiger partial charge in [0.25, 0.3) is 0 Å². The molecule has 3 aromatic rings. The van der Waals surface area contributed by atoms with Crippen molar-refractivity contribution >= 4 is 28.4 Å². The number of H-pyrrole nitrogens is 1. The van der Waals surface area contributed by atoms with Gasteiger partial charge in [-0.25, -0.2) is 0 Å². The lowest BCUT2D eigenvalue weighted by atomic mass is 10.1. The maximum Gasteiger partial charge on any atom is 0.247 e. The molecule has 1 unspecified atom stereocenters. The maximum absolute atomic E-state index is 12.9. The molecular weight excluding hydrogens is 358 g/mol. The van der Waals surface area contributed by atoms with Gasteiger partial charge in [-0.05, 0) is 30.2 Å². The normalized spacial score (nSPS) is 18.1. The molecule has 1 saturated heterocycles. The Morgan fingerprint density at radius 3 is 2.96 bits per heavy atom. The molecule has 142 valence electrons. The number of benzene rings is 2. The Morgan fingerprint density at radius 2 is 2.04 bits per heavy atom. The van der Waals surface area contributed by atoms with E-state index in [9.17, 15) is 9.59 Å². The fourth-order valence-corrected chi connectivity index (χ4v) is 3.85. The molecule has 2 aliphatic rings. The molecule has 7 nitrogen and oxygen atoms in total. The minimum absolute atomic E-state index is 0.00359. The number of para-hydroxylation sites is 1. The second kappa shape index (κ2) is 6.60. The molecule has 1 atom stereocenters. The van der Waals surface area contributed by atoms with Gasteiger partial charge >= 0.3 is 0 Å². The van der Waals surface area contributed by atoms with Crippen molar-refractivity contribution in [2.24, 2.45) is 0 Å². The van der Waals surface area contributed by atoms with Crippen LogP contribution in [0, 0.1) is 0 Å². The van der Waals surface area contributed by atoms with Crippen molar-refractivity contribution in [3.05, 3.63) is 54.2 Å². The minimum atomic E-state index is -0.494. The van der Waals surface area contributed by atoms with E-state index in [1.54, 1.807) is 23.1 Å². The first-order chi connectivity index (χ1) is 13.7. The van der Waals surface area contributed by atoms with Crippen molar-refractivity contribution in [3.8, 4) is 11.5 Å². The van der Waals surface area contributed by atoms with E-state index < -0.39 is 6.04 Å². The number of nitrogens with one attached hydrogen (secondary N) is 2. The molecular formula is C21H19N3O4. The van der Waals surface area contributed by atoms with Gasteiger partial charge in [-0.15, -0.1) is 0 Å². The van der Waals surface area contributed by atoms with Crippen molar-refractivity contribution in [2.45, 2.75) is 25.4 Å². The summed E-state index contributed by atoms with van der Waals surface area (Å²) in [5.41, 5.74) is 2.65. The van der Waals surface area contributed by atoms with Crippen molar-refractivity contribution in [3.63, 3.8) is 0 Å². The lowest BCUT2D eigenvalue weighted by molar-refractivity contribution is -0.133. The van der Waals surface area contributed by atoms with Gasteiger partial charge in [-0.3, -0.25) is 9.59 Å². The van der Waals surface area contributed by atoms with Crippen LogP contribution in [0.5, 0.6) is 11.5 Å². The highest BCUT2D eigenvalue weighted by Crippen LogP contribution is 2.34. The van der Waals surface area contributed by atoms with Crippen LogP contribution in [0.25, 0.3) is 10.9 Å². The van der Waals surface area contributed by atoms with Gasteiger partial charge in [0.15, 0.2) is 11.5 Å². The SMILES string of the molecule is O=C(Nc1ccc2c(c1)OCO2)C1CCC(=O)N1Cc1c[nH]c2ccccc12. The van der Waals surface area contributed by atoms with Crippen molar-refractivity contribution in [1.82, 2.24) is 9.88 Å². The highest BCUT2D eigenvalue weighted by Gasteiger charge is 2.36. The van der Waals surface area contributed by atoms with Gasteiger partial charge < -0.3 is 24.7 Å². The van der Waals surface area contributed by atoms with E-state index in [2.05, 4.69) is 10.3 Å². The molecule has 0 aliphatic carbocycles. The van der Waals surface area contributed by atoms with Crippen molar-refractivity contribution in [2.75, 3.05) is 12.1 Å². The summed E-state index contributed by atoms with van der Waals surface area (Å²) in [6.07, 6.45) is 2.79. The van der Waals surface area contributed by atoms with E-state index in [-0.39, 0.29) is 18.6 Å². The van der Waals surface area contributed by atoms with Gasteiger partial charge in [0, 0.05) is 41.8 Å². The standard InChI is InChI=1S/C21H19N3O4/c25-20-8-6-17(21(26)23-14-5-7-18-19(9-14)28-12-27-18)24(20)11-13-10-22-16-4-2-1-3-15(13)16/h1-5,7,9-10,17,22H,6,8,11-12H2,(H,23,26). The summed E-state index contributed by atoms with van der Waals surface area (Å²) in [6, 6.07) is 12.7. The number of hydrogen-bond acceptors (Lipinski definition) is 4. The number of aromatic amines is 1. The van der Waals surface area contributed by atoms with E-state index in [0.29, 0.717) is 36.6 Å². The predicted molar refractivity (Wildman–Crippen MR) is 103 cm³/mol. The molecule has 0 saturated carbocycles. The number of aromatic nitrogens is 1. The van der Waals surface area contributed by atoms with Crippen LogP contribution >= 0.6 is 0 Å². The molecule has 1 aromatic heterocycles. The highest BCUT2D eigenvalue weighted by molar-refractivity contribution is 5.99. The number of hydrogen-bond donors (Lipinski definition) is 2. The quantitative estimate of drug-likeness (QED) is 0.732. The number of nitrogens with zero attached hydrogens (tertiary/aromatic N) is 1. The Bertz CT molecular complexity index is 1070. The lowest BCUT2D eigenvalue weighted by Crippen LogP contribution is -2.41. The van der Waals surface area contributed by atoms with E-state index in [0.717, 1.165) is 16.5 Å². The number of fused-ring (bicyclic) bond motifs is 2. The number of rotatable bonds is 4. The van der Waals surface area contributed by atoms with Gasteiger partial charge in [0.05, 0.1) is 0 Å². The number of likely N-dealkylation sites (tertiary alicyclic amines) is 1. The molecule has 2 N–H and O–H groups in total. The van der Waals surface area contributed by atoms with Crippen molar-refractivity contribution in [1.29, 1.82) is 0 Å². The molecule has 2 amide bonds. The second-order valence-corrected chi connectivity index (χ2v) is 6.99. The van der Waals surface area contributed by atoms with Crippen LogP contribution in [0.3, 0.4) is 0 Å². The molecule has 0 bridgehead atoms. The third kappa shape index (κ3) is 2.85. The summed E-state index contributed by atoms with van der Waals surface area (Å²) in [4.78, 5) is 30.2. The van der Waals surface area contributed by atoms with Gasteiger partial charge in [0.2, 0.25) is 18.6 Å². The maximum atomic E-state index is 12.9. The summed E-state index contributed by atoms with van der Waals surface area (Å²) in [6.45, 7) is 0.588. The number of carbonyl (C=O) groups is 2. The lowest BCUT2D eigenvalue weighted by Gasteiger charge is -2.24. The Hall–Kier alpha value is -3.48. The Balaban J connectivity index is 1.35. The second-order valence-electron chi connectivity index (χ2n) is 6.99. The Labute approximate surface area is 161 Å².